The molecular weight excluding hydrogens is 354 g/mol. The van der Waals surface area contributed by atoms with E-state index in [0.29, 0.717) is 24.3 Å². The molecule has 144 valence electrons. The monoisotopic (exact) mass is 377 g/mol. The van der Waals surface area contributed by atoms with E-state index in [1.807, 2.05) is 31.3 Å². The number of nitrogens with two attached hydrogens (primary N) is 1. The smallest absolute Gasteiger partial charge is 0.256 e. The summed E-state index contributed by atoms with van der Waals surface area (Å²) in [7, 11) is 3.35. The number of nitrogen functional groups attached to an aromatic ring is 1. The molecule has 1 aliphatic rings. The number of carbonyl (C=O) groups is 1. The molecule has 4 N–H and O–H groups in total. The molecule has 0 radical (unpaired) electrons. The Labute approximate surface area is 164 Å². The first-order valence-electron chi connectivity index (χ1n) is 8.95. The molecule has 1 amide bonds. The fourth-order valence-electron chi connectivity index (χ4n) is 3.59. The molecule has 2 aromatic rings. The summed E-state index contributed by atoms with van der Waals surface area (Å²) in [6.45, 7) is 0.971. The lowest BCUT2D eigenvalue weighted by Crippen LogP contribution is -2.31. The Morgan fingerprint density at radius 3 is 2.86 bits per heavy atom. The molecule has 7 heteroatoms. The Balaban J connectivity index is 2.01. The van der Waals surface area contributed by atoms with Gasteiger partial charge < -0.3 is 26.1 Å². The third kappa shape index (κ3) is 3.42. The van der Waals surface area contributed by atoms with E-state index in [1.54, 1.807) is 11.0 Å². The lowest BCUT2D eigenvalue weighted by atomic mass is 9.94. The summed E-state index contributed by atoms with van der Waals surface area (Å²) in [6.07, 6.45) is 1.30. The number of methoxy groups -OCH3 is 1. The molecule has 0 spiro atoms. The molecule has 7 nitrogen and oxygen atoms in total. The molecule has 1 atom stereocenters. The molecule has 0 fully saturated rings. The van der Waals surface area contributed by atoms with Gasteiger partial charge in [-0.15, -0.1) is 0 Å². The zero-order valence-electron chi connectivity index (χ0n) is 16.0. The standard InChI is InChI=1S/C21H23N5O2/c1-25-19-7-14(3-4-15(19)9-23)16-5-6-18(24)20-17(16)11-26(21(20)27)10-13(8-22)12-28-2/h3-7,9,13,23,25H,10-12,24H2,1-2H3. The second-order valence-corrected chi connectivity index (χ2v) is 6.72. The molecule has 0 saturated carbocycles. The van der Waals surface area contributed by atoms with Crippen molar-refractivity contribution in [3.8, 4) is 17.2 Å². The van der Waals surface area contributed by atoms with Crippen molar-refractivity contribution in [2.24, 2.45) is 5.92 Å². The summed E-state index contributed by atoms with van der Waals surface area (Å²) in [6, 6.07) is 11.6. The van der Waals surface area contributed by atoms with E-state index in [1.165, 1.54) is 13.3 Å². The highest BCUT2D eigenvalue weighted by molar-refractivity contribution is 6.05. The number of nitrogens with zero attached hydrogens (tertiary/aromatic N) is 2. The van der Waals surface area contributed by atoms with Crippen molar-refractivity contribution < 1.29 is 9.53 Å². The zero-order chi connectivity index (χ0) is 20.3. The number of anilines is 2. The zero-order valence-corrected chi connectivity index (χ0v) is 16.0. The maximum Gasteiger partial charge on any atom is 0.256 e. The van der Waals surface area contributed by atoms with E-state index in [0.717, 1.165) is 27.9 Å². The molecule has 0 aliphatic carbocycles. The predicted octanol–water partition coefficient (Wildman–Crippen LogP) is 2.72. The number of rotatable bonds is 7. The maximum atomic E-state index is 12.9. The molecule has 1 aliphatic heterocycles. The molecule has 1 unspecified atom stereocenters. The van der Waals surface area contributed by atoms with Crippen LogP contribution in [0.25, 0.3) is 11.1 Å². The Morgan fingerprint density at radius 1 is 1.43 bits per heavy atom. The van der Waals surface area contributed by atoms with Gasteiger partial charge in [-0.25, -0.2) is 0 Å². The van der Waals surface area contributed by atoms with E-state index >= 15 is 0 Å². The van der Waals surface area contributed by atoms with Crippen LogP contribution >= 0.6 is 0 Å². The molecule has 0 aromatic heterocycles. The van der Waals surface area contributed by atoms with Crippen molar-refractivity contribution in [2.75, 3.05) is 38.4 Å². The van der Waals surface area contributed by atoms with Crippen LogP contribution in [0.5, 0.6) is 0 Å². The number of nitrogens with one attached hydrogen (secondary N) is 2. The van der Waals surface area contributed by atoms with Crippen LogP contribution in [-0.4, -0.2) is 44.3 Å². The SMILES string of the molecule is CNc1cc(-c2ccc(N)c3c2CN(CC(C#N)COC)C3=O)ccc1C=N. The fourth-order valence-corrected chi connectivity index (χ4v) is 3.59. The number of hydrogen-bond donors (Lipinski definition) is 3. The topological polar surface area (TPSA) is 115 Å². The third-order valence-electron chi connectivity index (χ3n) is 4.98. The van der Waals surface area contributed by atoms with Crippen molar-refractivity contribution in [3.63, 3.8) is 0 Å². The third-order valence-corrected chi connectivity index (χ3v) is 4.98. The summed E-state index contributed by atoms with van der Waals surface area (Å²) in [5, 5.41) is 19.9. The minimum atomic E-state index is -0.393. The van der Waals surface area contributed by atoms with Gasteiger partial charge in [0.25, 0.3) is 5.91 Å². The van der Waals surface area contributed by atoms with Crippen LogP contribution in [0.1, 0.15) is 21.5 Å². The van der Waals surface area contributed by atoms with Crippen LogP contribution in [0.15, 0.2) is 30.3 Å². The number of carbonyl (C=O) groups excluding carboxylic acids is 1. The molecule has 0 bridgehead atoms. The summed E-state index contributed by atoms with van der Waals surface area (Å²) in [4.78, 5) is 14.6. The van der Waals surface area contributed by atoms with Crippen molar-refractivity contribution >= 4 is 23.5 Å². The number of nitriles is 1. The van der Waals surface area contributed by atoms with Gasteiger partial charge in [0.1, 0.15) is 0 Å². The number of ether oxygens (including phenoxy) is 1. The Kier molecular flexibility index (Phi) is 5.62. The second kappa shape index (κ2) is 8.11. The Morgan fingerprint density at radius 2 is 2.21 bits per heavy atom. The van der Waals surface area contributed by atoms with E-state index in [-0.39, 0.29) is 12.5 Å². The number of hydrogen-bond acceptors (Lipinski definition) is 6. The molecule has 2 aromatic carbocycles. The van der Waals surface area contributed by atoms with Gasteiger partial charge in [-0.2, -0.15) is 5.26 Å². The van der Waals surface area contributed by atoms with Crippen molar-refractivity contribution in [3.05, 3.63) is 47.0 Å². The average Bonchev–Trinajstić information content (AvgIpc) is 3.04. The quantitative estimate of drug-likeness (QED) is 0.507. The van der Waals surface area contributed by atoms with E-state index < -0.39 is 5.92 Å². The van der Waals surface area contributed by atoms with Crippen molar-refractivity contribution in [1.82, 2.24) is 4.90 Å². The largest absolute Gasteiger partial charge is 0.398 e. The van der Waals surface area contributed by atoms with E-state index in [2.05, 4.69) is 11.4 Å². The summed E-state index contributed by atoms with van der Waals surface area (Å²) in [5.74, 6) is -0.550. The lowest BCUT2D eigenvalue weighted by molar-refractivity contribution is 0.0732. The first-order valence-corrected chi connectivity index (χ1v) is 8.95. The maximum absolute atomic E-state index is 12.9. The molecule has 1 heterocycles. The Bertz CT molecular complexity index is 964. The van der Waals surface area contributed by atoms with Crippen LogP contribution < -0.4 is 11.1 Å². The van der Waals surface area contributed by atoms with Crippen LogP contribution in [0, 0.1) is 22.7 Å². The Hall–Kier alpha value is -3.37. The van der Waals surface area contributed by atoms with E-state index in [4.69, 9.17) is 15.9 Å². The van der Waals surface area contributed by atoms with Crippen LogP contribution in [0.2, 0.25) is 0 Å². The van der Waals surface area contributed by atoms with Gasteiger partial charge in [0, 0.05) is 50.4 Å². The first kappa shape index (κ1) is 19.4. The highest BCUT2D eigenvalue weighted by atomic mass is 16.5. The lowest BCUT2D eigenvalue weighted by Gasteiger charge is -2.18. The van der Waals surface area contributed by atoms with Crippen LogP contribution in [0.3, 0.4) is 0 Å². The number of amides is 1. The van der Waals surface area contributed by atoms with Crippen LogP contribution in [-0.2, 0) is 11.3 Å². The van der Waals surface area contributed by atoms with Gasteiger partial charge in [0.15, 0.2) is 0 Å². The number of fused-ring (bicyclic) bond motifs is 1. The average molecular weight is 377 g/mol. The van der Waals surface area contributed by atoms with Gasteiger partial charge in [-0.1, -0.05) is 18.2 Å². The summed E-state index contributed by atoms with van der Waals surface area (Å²) >= 11 is 0. The van der Waals surface area contributed by atoms with Gasteiger partial charge in [0.05, 0.1) is 24.2 Å². The molecular formula is C21H23N5O2. The fraction of sp³-hybridized carbons (Fsp3) is 0.286. The first-order chi connectivity index (χ1) is 13.5. The second-order valence-electron chi connectivity index (χ2n) is 6.72. The summed E-state index contributed by atoms with van der Waals surface area (Å²) in [5.41, 5.74) is 11.4. The van der Waals surface area contributed by atoms with Gasteiger partial charge in [-0.05, 0) is 28.8 Å². The van der Waals surface area contributed by atoms with E-state index in [9.17, 15) is 10.1 Å². The normalized spacial score (nSPS) is 13.8. The van der Waals surface area contributed by atoms with Crippen molar-refractivity contribution in [2.45, 2.75) is 6.54 Å². The molecule has 0 saturated heterocycles. The predicted molar refractivity (Wildman–Crippen MR) is 109 cm³/mol. The van der Waals surface area contributed by atoms with Gasteiger partial charge >= 0.3 is 0 Å². The van der Waals surface area contributed by atoms with Gasteiger partial charge in [0.2, 0.25) is 0 Å². The van der Waals surface area contributed by atoms with Crippen LogP contribution in [0.4, 0.5) is 11.4 Å². The van der Waals surface area contributed by atoms with Crippen molar-refractivity contribution in [1.29, 1.82) is 10.7 Å². The highest BCUT2D eigenvalue weighted by Gasteiger charge is 2.33. The molecule has 28 heavy (non-hydrogen) atoms. The number of benzene rings is 2. The van der Waals surface area contributed by atoms with Gasteiger partial charge in [-0.3, -0.25) is 4.79 Å². The highest BCUT2D eigenvalue weighted by Crippen LogP contribution is 2.37. The molecule has 3 rings (SSSR count). The minimum absolute atomic E-state index is 0.157. The summed E-state index contributed by atoms with van der Waals surface area (Å²) < 4.78 is 5.07. The minimum Gasteiger partial charge on any atom is -0.398 e.